The van der Waals surface area contributed by atoms with Gasteiger partial charge in [-0.15, -0.1) is 0 Å². The van der Waals surface area contributed by atoms with Gasteiger partial charge in [-0.2, -0.15) is 0 Å². The topological polar surface area (TPSA) is 135 Å². The maximum absolute atomic E-state index is 14.1. The number of piperazine rings is 1. The molecule has 2 aromatic carbocycles. The highest BCUT2D eigenvalue weighted by Crippen LogP contribution is 2.25. The van der Waals surface area contributed by atoms with Crippen LogP contribution in [-0.4, -0.2) is 83.1 Å². The lowest BCUT2D eigenvalue weighted by molar-refractivity contribution is -0.133. The van der Waals surface area contributed by atoms with Crippen LogP contribution < -0.4 is 21.3 Å². The lowest BCUT2D eigenvalue weighted by Crippen LogP contribution is -2.56. The van der Waals surface area contributed by atoms with Gasteiger partial charge in [0, 0.05) is 38.1 Å². The van der Waals surface area contributed by atoms with E-state index >= 15 is 0 Å². The number of aromatic nitrogens is 2. The highest BCUT2D eigenvalue weighted by Gasteiger charge is 2.32. The molecule has 0 spiro atoms. The van der Waals surface area contributed by atoms with Crippen molar-refractivity contribution in [3.63, 3.8) is 0 Å². The molecule has 4 N–H and O–H groups in total. The summed E-state index contributed by atoms with van der Waals surface area (Å²) in [6.45, 7) is 11.8. The predicted molar refractivity (Wildman–Crippen MR) is 185 cm³/mol. The lowest BCUT2D eigenvalue weighted by Gasteiger charge is -2.37. The average Bonchev–Trinajstić information content (AvgIpc) is 3.51. The van der Waals surface area contributed by atoms with Gasteiger partial charge in [-0.1, -0.05) is 66.3 Å². The summed E-state index contributed by atoms with van der Waals surface area (Å²) in [5, 5.41) is 5.48. The van der Waals surface area contributed by atoms with Gasteiger partial charge in [0.1, 0.15) is 12.1 Å². The first-order chi connectivity index (χ1) is 22.5. The van der Waals surface area contributed by atoms with E-state index in [9.17, 15) is 14.4 Å². The molecule has 1 saturated heterocycles. The maximum Gasteiger partial charge on any atom is 0.250 e. The highest BCUT2D eigenvalue weighted by atomic mass is 16.5. The number of rotatable bonds is 13. The van der Waals surface area contributed by atoms with Crippen LogP contribution in [0.2, 0.25) is 0 Å². The van der Waals surface area contributed by atoms with Gasteiger partial charge in [-0.3, -0.25) is 14.4 Å². The molecule has 2 heterocycles. The standard InChI is InChI=1S/C36H47N7O4/c1-6-11-27(7-2)23-47-24-30(39-35(46)36(4,5)37)33(44)40-31-22-43(25-38-31)32(28-12-9-8-10-13-28)34(45)42-20-18-41(19-21-42)29-16-14-26(3)15-17-29/h6-17,22,25,30,32H,18-21,23-24,37H2,1-5H3,(H,39,46)(H,40,44)/b11-6-,27-7+/t30-,32?/m1/s1. The van der Waals surface area contributed by atoms with Crippen molar-refractivity contribution in [3.05, 3.63) is 102 Å². The fraction of sp³-hybridized carbons (Fsp3) is 0.389. The zero-order valence-corrected chi connectivity index (χ0v) is 28.0. The highest BCUT2D eigenvalue weighted by molar-refractivity contribution is 5.98. The fourth-order valence-electron chi connectivity index (χ4n) is 5.21. The minimum atomic E-state index is -1.20. The van der Waals surface area contributed by atoms with Crippen LogP contribution in [0.5, 0.6) is 0 Å². The molecule has 47 heavy (non-hydrogen) atoms. The zero-order valence-electron chi connectivity index (χ0n) is 28.0. The molecule has 0 aliphatic carbocycles. The number of hydrogen-bond acceptors (Lipinski definition) is 7. The first-order valence-corrected chi connectivity index (χ1v) is 15.9. The molecule has 1 fully saturated rings. The number of amides is 3. The molecule has 1 aliphatic rings. The van der Waals surface area contributed by atoms with Crippen LogP contribution >= 0.6 is 0 Å². The van der Waals surface area contributed by atoms with Gasteiger partial charge in [-0.25, -0.2) is 4.98 Å². The van der Waals surface area contributed by atoms with Crippen molar-refractivity contribution in [2.24, 2.45) is 5.73 Å². The number of hydrogen-bond donors (Lipinski definition) is 3. The van der Waals surface area contributed by atoms with Crippen molar-refractivity contribution in [2.45, 2.75) is 52.2 Å². The molecule has 0 saturated carbocycles. The summed E-state index contributed by atoms with van der Waals surface area (Å²) in [7, 11) is 0. The minimum Gasteiger partial charge on any atom is -0.374 e. The second kappa shape index (κ2) is 16.2. The van der Waals surface area contributed by atoms with E-state index in [0.717, 1.165) is 29.9 Å². The normalized spacial score (nSPS) is 15.4. The van der Waals surface area contributed by atoms with Gasteiger partial charge < -0.3 is 35.5 Å². The number of benzene rings is 2. The number of ether oxygens (including phenoxy) is 1. The summed E-state index contributed by atoms with van der Waals surface area (Å²) in [5.74, 6) is -0.832. The molecule has 4 rings (SSSR count). The van der Waals surface area contributed by atoms with E-state index in [0.29, 0.717) is 13.1 Å². The largest absolute Gasteiger partial charge is 0.374 e. The number of nitrogens with two attached hydrogens (primary N) is 1. The second-order valence-corrected chi connectivity index (χ2v) is 12.3. The van der Waals surface area contributed by atoms with E-state index < -0.39 is 29.4 Å². The predicted octanol–water partition coefficient (Wildman–Crippen LogP) is 3.83. The molecule has 250 valence electrons. The maximum atomic E-state index is 14.1. The van der Waals surface area contributed by atoms with Gasteiger partial charge in [0.2, 0.25) is 11.8 Å². The van der Waals surface area contributed by atoms with Gasteiger partial charge in [0.05, 0.1) is 25.1 Å². The number of allylic oxidation sites excluding steroid dienone is 2. The smallest absolute Gasteiger partial charge is 0.250 e. The van der Waals surface area contributed by atoms with Crippen LogP contribution in [0, 0.1) is 6.92 Å². The van der Waals surface area contributed by atoms with Crippen molar-refractivity contribution >= 4 is 29.2 Å². The van der Waals surface area contributed by atoms with E-state index in [1.807, 2.05) is 67.3 Å². The van der Waals surface area contributed by atoms with E-state index in [1.165, 1.54) is 11.9 Å². The Kier molecular flexibility index (Phi) is 12.1. The number of carbonyl (C=O) groups excluding carboxylic acids is 3. The summed E-state index contributed by atoms with van der Waals surface area (Å²) < 4.78 is 7.51. The van der Waals surface area contributed by atoms with E-state index in [4.69, 9.17) is 10.5 Å². The third kappa shape index (κ3) is 9.63. The molecule has 1 unspecified atom stereocenters. The molecular formula is C36H47N7O4. The number of carbonyl (C=O) groups is 3. The average molecular weight is 642 g/mol. The Morgan fingerprint density at radius 2 is 1.70 bits per heavy atom. The Balaban J connectivity index is 1.48. The molecule has 1 aliphatic heterocycles. The first kappa shape index (κ1) is 35.1. The molecule has 3 aromatic rings. The quantitative estimate of drug-likeness (QED) is 0.242. The van der Waals surface area contributed by atoms with Crippen LogP contribution in [0.4, 0.5) is 11.5 Å². The lowest BCUT2D eigenvalue weighted by atomic mass is 10.0. The number of imidazole rings is 1. The molecule has 0 bridgehead atoms. The summed E-state index contributed by atoms with van der Waals surface area (Å²) in [5.41, 5.74) is 8.88. The van der Waals surface area contributed by atoms with Gasteiger partial charge >= 0.3 is 0 Å². The van der Waals surface area contributed by atoms with Gasteiger partial charge in [0.15, 0.2) is 5.82 Å². The van der Waals surface area contributed by atoms with E-state index in [1.54, 1.807) is 24.6 Å². The SMILES string of the molecule is C/C=C\C(=C/C)COC[C@@H](NC(=O)C(C)(C)N)C(=O)Nc1cn(C(C(=O)N2CCN(c3ccc(C)cc3)CC2)c2ccccc2)cn1. The summed E-state index contributed by atoms with van der Waals surface area (Å²) >= 11 is 0. The van der Waals surface area contributed by atoms with Crippen LogP contribution in [0.25, 0.3) is 0 Å². The Hall–Kier alpha value is -4.74. The summed E-state index contributed by atoms with van der Waals surface area (Å²) in [6.07, 6.45) is 8.90. The van der Waals surface area contributed by atoms with Gasteiger partial charge in [-0.05, 0) is 57.9 Å². The van der Waals surface area contributed by atoms with Crippen LogP contribution in [0.3, 0.4) is 0 Å². The Labute approximate surface area is 277 Å². The molecule has 0 radical (unpaired) electrons. The third-order valence-corrected chi connectivity index (χ3v) is 8.00. The monoisotopic (exact) mass is 641 g/mol. The molecule has 11 heteroatoms. The molecule has 2 atom stereocenters. The number of aryl methyl sites for hydroxylation is 1. The number of anilines is 2. The molecule has 11 nitrogen and oxygen atoms in total. The molecule has 1 aromatic heterocycles. The minimum absolute atomic E-state index is 0.0559. The summed E-state index contributed by atoms with van der Waals surface area (Å²) in [6, 6.07) is 16.2. The Morgan fingerprint density at radius 3 is 2.32 bits per heavy atom. The Morgan fingerprint density at radius 1 is 1.02 bits per heavy atom. The third-order valence-electron chi connectivity index (χ3n) is 8.00. The van der Waals surface area contributed by atoms with Gasteiger partial charge in [0.25, 0.3) is 5.91 Å². The first-order valence-electron chi connectivity index (χ1n) is 15.9. The van der Waals surface area contributed by atoms with Crippen molar-refractivity contribution in [3.8, 4) is 0 Å². The van der Waals surface area contributed by atoms with Crippen molar-refractivity contribution in [1.82, 2.24) is 19.8 Å². The second-order valence-electron chi connectivity index (χ2n) is 12.3. The Bertz CT molecular complexity index is 1550. The van der Waals surface area contributed by atoms with Crippen molar-refractivity contribution in [2.75, 3.05) is 49.6 Å². The van der Waals surface area contributed by atoms with Crippen molar-refractivity contribution < 1.29 is 19.1 Å². The van der Waals surface area contributed by atoms with Crippen LogP contribution in [0.15, 0.2) is 90.9 Å². The zero-order chi connectivity index (χ0) is 34.0. The number of nitrogens with one attached hydrogen (secondary N) is 2. The molecular weight excluding hydrogens is 594 g/mol. The summed E-state index contributed by atoms with van der Waals surface area (Å²) in [4.78, 5) is 48.8. The van der Waals surface area contributed by atoms with Crippen molar-refractivity contribution in [1.29, 1.82) is 0 Å². The van der Waals surface area contributed by atoms with E-state index in [2.05, 4.69) is 51.7 Å². The van der Waals surface area contributed by atoms with E-state index in [-0.39, 0.29) is 24.9 Å². The molecule has 3 amide bonds. The fourth-order valence-corrected chi connectivity index (χ4v) is 5.21. The van der Waals surface area contributed by atoms with Crippen LogP contribution in [-0.2, 0) is 19.1 Å². The van der Waals surface area contributed by atoms with Crippen LogP contribution in [0.1, 0.15) is 44.9 Å². The number of nitrogens with zero attached hydrogens (tertiary/aromatic N) is 4.